The molecular formula is C28H26ClNO7. The molecule has 0 radical (unpaired) electrons. The van der Waals surface area contributed by atoms with Gasteiger partial charge in [0.15, 0.2) is 11.5 Å². The molecule has 1 saturated heterocycles. The lowest BCUT2D eigenvalue weighted by Crippen LogP contribution is -2.29. The van der Waals surface area contributed by atoms with Gasteiger partial charge in [0.1, 0.15) is 17.3 Å². The number of hydrogen-bond acceptors (Lipinski definition) is 7. The highest BCUT2D eigenvalue weighted by Crippen LogP contribution is 2.42. The molecule has 1 aliphatic rings. The van der Waals surface area contributed by atoms with Crippen LogP contribution in [0.25, 0.3) is 5.76 Å². The molecule has 1 aliphatic heterocycles. The molecule has 0 aliphatic carbocycles. The van der Waals surface area contributed by atoms with E-state index in [1.165, 1.54) is 32.3 Å². The average molecular weight is 524 g/mol. The quantitative estimate of drug-likeness (QED) is 0.252. The first-order valence-electron chi connectivity index (χ1n) is 11.3. The molecule has 3 aromatic rings. The Bertz CT molecular complexity index is 1370. The van der Waals surface area contributed by atoms with Gasteiger partial charge < -0.3 is 29.0 Å². The van der Waals surface area contributed by atoms with E-state index in [4.69, 9.17) is 30.5 Å². The summed E-state index contributed by atoms with van der Waals surface area (Å²) in [5, 5.41) is 11.5. The number of aliphatic hydroxyl groups excluding tert-OH is 1. The second-order valence-electron chi connectivity index (χ2n) is 8.24. The van der Waals surface area contributed by atoms with Crippen LogP contribution in [-0.2, 0) is 16.1 Å². The molecule has 0 spiro atoms. The Labute approximate surface area is 219 Å². The Hall–Kier alpha value is -4.17. The first-order valence-corrected chi connectivity index (χ1v) is 11.7. The van der Waals surface area contributed by atoms with Crippen molar-refractivity contribution in [3.8, 4) is 23.0 Å². The average Bonchev–Trinajstić information content (AvgIpc) is 3.17. The van der Waals surface area contributed by atoms with Crippen molar-refractivity contribution in [1.29, 1.82) is 0 Å². The van der Waals surface area contributed by atoms with Crippen molar-refractivity contribution < 1.29 is 33.6 Å². The zero-order chi connectivity index (χ0) is 26.7. The second kappa shape index (κ2) is 10.8. The van der Waals surface area contributed by atoms with Gasteiger partial charge in [-0.3, -0.25) is 9.59 Å². The van der Waals surface area contributed by atoms with Crippen molar-refractivity contribution in [3.63, 3.8) is 0 Å². The number of ketones is 1. The van der Waals surface area contributed by atoms with Gasteiger partial charge in [-0.05, 0) is 53.6 Å². The Morgan fingerprint density at radius 1 is 0.838 bits per heavy atom. The molecule has 1 unspecified atom stereocenters. The molecule has 9 heteroatoms. The lowest BCUT2D eigenvalue weighted by molar-refractivity contribution is -0.140. The van der Waals surface area contributed by atoms with Crippen molar-refractivity contribution in [1.82, 2.24) is 4.90 Å². The Morgan fingerprint density at radius 3 is 2.08 bits per heavy atom. The van der Waals surface area contributed by atoms with Gasteiger partial charge in [0, 0.05) is 12.1 Å². The van der Waals surface area contributed by atoms with Gasteiger partial charge >= 0.3 is 0 Å². The number of Topliss-reactive ketones (excluding diaryl/α,β-unsaturated/α-hetero) is 1. The number of likely N-dealkylation sites (tertiary alicyclic amines) is 1. The molecule has 192 valence electrons. The fourth-order valence-electron chi connectivity index (χ4n) is 4.32. The number of nitrogens with zero attached hydrogens (tertiary/aromatic N) is 1. The maximum atomic E-state index is 13.3. The Kier molecular flexibility index (Phi) is 7.59. The molecule has 1 N–H and O–H groups in total. The minimum absolute atomic E-state index is 0.0446. The van der Waals surface area contributed by atoms with Crippen LogP contribution in [0.1, 0.15) is 22.7 Å². The van der Waals surface area contributed by atoms with Crippen LogP contribution in [0.3, 0.4) is 0 Å². The smallest absolute Gasteiger partial charge is 0.295 e. The summed E-state index contributed by atoms with van der Waals surface area (Å²) < 4.78 is 21.1. The van der Waals surface area contributed by atoms with Crippen molar-refractivity contribution in [3.05, 3.63) is 87.9 Å². The molecule has 1 amide bonds. The van der Waals surface area contributed by atoms with Crippen molar-refractivity contribution in [2.75, 3.05) is 28.4 Å². The lowest BCUT2D eigenvalue weighted by Gasteiger charge is -2.26. The summed E-state index contributed by atoms with van der Waals surface area (Å²) in [4.78, 5) is 28.1. The van der Waals surface area contributed by atoms with Crippen LogP contribution in [0.15, 0.2) is 66.2 Å². The highest BCUT2D eigenvalue weighted by atomic mass is 35.5. The maximum absolute atomic E-state index is 13.3. The molecule has 0 bridgehead atoms. The molecule has 1 atom stereocenters. The van der Waals surface area contributed by atoms with E-state index in [1.54, 1.807) is 61.7 Å². The summed E-state index contributed by atoms with van der Waals surface area (Å²) in [6.07, 6.45) is 0. The third-order valence-electron chi connectivity index (χ3n) is 6.20. The molecular weight excluding hydrogens is 498 g/mol. The molecule has 37 heavy (non-hydrogen) atoms. The van der Waals surface area contributed by atoms with E-state index < -0.39 is 17.7 Å². The SMILES string of the molecule is COc1ccc(C2/C(=C(/O)c3ccc(OC)c(Cl)c3)C(=O)C(=O)N2Cc2ccc(OC)c(OC)c2)cc1. The highest BCUT2D eigenvalue weighted by Gasteiger charge is 2.46. The number of hydrogen-bond donors (Lipinski definition) is 1. The van der Waals surface area contributed by atoms with Crippen LogP contribution in [0.2, 0.25) is 5.02 Å². The van der Waals surface area contributed by atoms with Gasteiger partial charge in [0.2, 0.25) is 0 Å². The molecule has 0 aromatic heterocycles. The number of aliphatic hydroxyl groups is 1. The lowest BCUT2D eigenvalue weighted by atomic mass is 9.95. The van der Waals surface area contributed by atoms with E-state index in [-0.39, 0.29) is 28.5 Å². The first-order chi connectivity index (χ1) is 17.8. The van der Waals surface area contributed by atoms with Crippen LogP contribution in [0.5, 0.6) is 23.0 Å². The van der Waals surface area contributed by atoms with Crippen molar-refractivity contribution in [2.45, 2.75) is 12.6 Å². The number of amides is 1. The molecule has 3 aromatic carbocycles. The monoisotopic (exact) mass is 523 g/mol. The zero-order valence-electron chi connectivity index (χ0n) is 20.8. The van der Waals surface area contributed by atoms with E-state index in [2.05, 4.69) is 0 Å². The maximum Gasteiger partial charge on any atom is 0.295 e. The third kappa shape index (κ3) is 4.93. The van der Waals surface area contributed by atoms with E-state index in [0.29, 0.717) is 34.1 Å². The highest BCUT2D eigenvalue weighted by molar-refractivity contribution is 6.46. The zero-order valence-corrected chi connectivity index (χ0v) is 21.5. The predicted molar refractivity (Wildman–Crippen MR) is 138 cm³/mol. The summed E-state index contributed by atoms with van der Waals surface area (Å²) in [7, 11) is 6.08. The second-order valence-corrected chi connectivity index (χ2v) is 8.65. The number of carbonyl (C=O) groups excluding carboxylic acids is 2. The number of rotatable bonds is 8. The minimum Gasteiger partial charge on any atom is -0.507 e. The van der Waals surface area contributed by atoms with Gasteiger partial charge in [-0.2, -0.15) is 0 Å². The number of methoxy groups -OCH3 is 4. The van der Waals surface area contributed by atoms with Gasteiger partial charge in [-0.1, -0.05) is 29.8 Å². The van der Waals surface area contributed by atoms with E-state index >= 15 is 0 Å². The van der Waals surface area contributed by atoms with E-state index in [1.807, 2.05) is 0 Å². The van der Waals surface area contributed by atoms with Crippen LogP contribution < -0.4 is 18.9 Å². The number of carbonyl (C=O) groups is 2. The van der Waals surface area contributed by atoms with Crippen LogP contribution in [0, 0.1) is 0 Å². The fourth-order valence-corrected chi connectivity index (χ4v) is 4.58. The molecule has 4 rings (SSSR count). The van der Waals surface area contributed by atoms with E-state index in [9.17, 15) is 14.7 Å². The molecule has 8 nitrogen and oxygen atoms in total. The van der Waals surface area contributed by atoms with Crippen molar-refractivity contribution in [2.24, 2.45) is 0 Å². The third-order valence-corrected chi connectivity index (χ3v) is 6.49. The number of benzene rings is 3. The fraction of sp³-hybridized carbons (Fsp3) is 0.214. The van der Waals surface area contributed by atoms with Crippen molar-refractivity contribution >= 4 is 29.1 Å². The minimum atomic E-state index is -0.861. The normalized spacial score (nSPS) is 16.6. The predicted octanol–water partition coefficient (Wildman–Crippen LogP) is 5.00. The summed E-state index contributed by atoms with van der Waals surface area (Å²) in [5.74, 6) is 0.184. The van der Waals surface area contributed by atoms with Crippen LogP contribution >= 0.6 is 11.6 Å². The molecule has 1 heterocycles. The van der Waals surface area contributed by atoms with Gasteiger partial charge in [0.05, 0.1) is 45.1 Å². The van der Waals surface area contributed by atoms with Gasteiger partial charge in [-0.25, -0.2) is 0 Å². The first kappa shape index (κ1) is 25.9. The van der Waals surface area contributed by atoms with Gasteiger partial charge in [0.25, 0.3) is 11.7 Å². The van der Waals surface area contributed by atoms with Gasteiger partial charge in [-0.15, -0.1) is 0 Å². The number of halogens is 1. The Balaban J connectivity index is 1.84. The largest absolute Gasteiger partial charge is 0.507 e. The summed E-state index contributed by atoms with van der Waals surface area (Å²) in [5.41, 5.74) is 1.58. The van der Waals surface area contributed by atoms with Crippen LogP contribution in [0.4, 0.5) is 0 Å². The number of ether oxygens (including phenoxy) is 4. The van der Waals surface area contributed by atoms with Crippen LogP contribution in [-0.4, -0.2) is 50.1 Å². The van der Waals surface area contributed by atoms with E-state index in [0.717, 1.165) is 0 Å². The molecule has 0 saturated carbocycles. The standard InChI is InChI=1S/C28H26ClNO7/c1-34-19-9-6-17(7-10-19)25-24(26(31)18-8-12-21(35-2)20(29)14-18)27(32)28(33)30(25)15-16-5-11-22(36-3)23(13-16)37-4/h5-14,25,31H,15H2,1-4H3/b26-24-. The molecule has 1 fully saturated rings. The summed E-state index contributed by atoms with van der Waals surface area (Å²) >= 11 is 6.26. The Morgan fingerprint density at radius 2 is 1.49 bits per heavy atom. The topological polar surface area (TPSA) is 94.5 Å². The summed E-state index contributed by atoms with van der Waals surface area (Å²) in [6, 6.07) is 16.0. The summed E-state index contributed by atoms with van der Waals surface area (Å²) in [6.45, 7) is 0.0851.